The van der Waals surface area contributed by atoms with Gasteiger partial charge in [0.15, 0.2) is 0 Å². The van der Waals surface area contributed by atoms with Gasteiger partial charge >= 0.3 is 0 Å². The van der Waals surface area contributed by atoms with Crippen LogP contribution in [0.5, 0.6) is 0 Å². The van der Waals surface area contributed by atoms with Crippen LogP contribution >= 0.6 is 0 Å². The van der Waals surface area contributed by atoms with Crippen LogP contribution in [-0.4, -0.2) is 24.4 Å². The van der Waals surface area contributed by atoms with E-state index in [1.54, 1.807) is 0 Å². The quantitative estimate of drug-likeness (QED) is 0.558. The number of rotatable bonds is 1. The van der Waals surface area contributed by atoms with Crippen molar-refractivity contribution >= 4 is 0 Å². The van der Waals surface area contributed by atoms with Crippen LogP contribution in [0.3, 0.4) is 0 Å². The molecule has 1 saturated carbocycles. The summed E-state index contributed by atoms with van der Waals surface area (Å²) < 4.78 is 5.33. The van der Waals surface area contributed by atoms with Gasteiger partial charge < -0.3 is 9.84 Å². The minimum absolute atomic E-state index is 0.160. The Balaban J connectivity index is 1.93. The molecule has 2 aliphatic rings. The summed E-state index contributed by atoms with van der Waals surface area (Å²) in [4.78, 5) is 0. The first-order valence-corrected chi connectivity index (χ1v) is 3.57. The summed E-state index contributed by atoms with van der Waals surface area (Å²) in [7, 11) is 0. The summed E-state index contributed by atoms with van der Waals surface area (Å²) in [6.07, 6.45) is 3.91. The lowest BCUT2D eigenvalue weighted by atomic mass is 10.0. The average Bonchev–Trinajstić information content (AvgIpc) is 2.44. The van der Waals surface area contributed by atoms with Gasteiger partial charge in [-0.05, 0) is 24.7 Å². The number of aliphatic hydroxyl groups excluding tert-OH is 1. The third-order valence-electron chi connectivity index (χ3n) is 2.45. The Hall–Kier alpha value is -0.0800. The van der Waals surface area contributed by atoms with Crippen LogP contribution in [0.15, 0.2) is 0 Å². The lowest BCUT2D eigenvalue weighted by Crippen LogP contribution is -2.09. The van der Waals surface area contributed by atoms with E-state index in [1.165, 1.54) is 12.8 Å². The standard InChI is InChI=1S/C7H12O2/c8-4-6-3-7(1-2-7)5-9-6/h6,8H,1-5H2/t6-/m0/s1. The van der Waals surface area contributed by atoms with Gasteiger partial charge in [-0.3, -0.25) is 0 Å². The highest BCUT2D eigenvalue weighted by molar-refractivity contribution is 4.98. The first kappa shape index (κ1) is 5.69. The molecule has 1 heterocycles. The van der Waals surface area contributed by atoms with Crippen molar-refractivity contribution in [1.82, 2.24) is 0 Å². The summed E-state index contributed by atoms with van der Waals surface area (Å²) in [5.41, 5.74) is 0.535. The number of aliphatic hydroxyl groups is 1. The van der Waals surface area contributed by atoms with Crippen molar-refractivity contribution < 1.29 is 9.84 Å². The summed E-state index contributed by atoms with van der Waals surface area (Å²) in [5, 5.41) is 8.70. The maximum absolute atomic E-state index is 8.70. The molecule has 2 rings (SSSR count). The molecule has 2 nitrogen and oxygen atoms in total. The van der Waals surface area contributed by atoms with E-state index < -0.39 is 0 Å². The van der Waals surface area contributed by atoms with Crippen molar-refractivity contribution in [1.29, 1.82) is 0 Å². The Labute approximate surface area is 54.8 Å². The van der Waals surface area contributed by atoms with E-state index in [0.29, 0.717) is 5.41 Å². The van der Waals surface area contributed by atoms with E-state index in [4.69, 9.17) is 9.84 Å². The van der Waals surface area contributed by atoms with Gasteiger partial charge in [-0.1, -0.05) is 0 Å². The SMILES string of the molecule is OC[C@@H]1CC2(CC2)CO1. The summed E-state index contributed by atoms with van der Waals surface area (Å²) >= 11 is 0. The molecule has 1 atom stereocenters. The lowest BCUT2D eigenvalue weighted by molar-refractivity contribution is 0.0567. The van der Waals surface area contributed by atoms with E-state index in [-0.39, 0.29) is 12.7 Å². The predicted octanol–water partition coefficient (Wildman–Crippen LogP) is 0.548. The second-order valence-electron chi connectivity index (χ2n) is 3.32. The zero-order chi connectivity index (χ0) is 6.32. The van der Waals surface area contributed by atoms with Gasteiger partial charge in [0.2, 0.25) is 0 Å². The Bertz CT molecular complexity index is 118. The Morgan fingerprint density at radius 3 is 2.67 bits per heavy atom. The average molecular weight is 128 g/mol. The number of hydrogen-bond donors (Lipinski definition) is 1. The monoisotopic (exact) mass is 128 g/mol. The van der Waals surface area contributed by atoms with Gasteiger partial charge in [0.25, 0.3) is 0 Å². The molecule has 2 heteroatoms. The lowest BCUT2D eigenvalue weighted by Gasteiger charge is -2.01. The summed E-state index contributed by atoms with van der Waals surface area (Å²) in [5.74, 6) is 0. The molecule has 0 radical (unpaired) electrons. The molecule has 0 aromatic rings. The van der Waals surface area contributed by atoms with E-state index >= 15 is 0 Å². The molecule has 1 spiro atoms. The van der Waals surface area contributed by atoms with Crippen molar-refractivity contribution in [2.45, 2.75) is 25.4 Å². The molecule has 52 valence electrons. The molecule has 0 aromatic heterocycles. The fraction of sp³-hybridized carbons (Fsp3) is 1.00. The topological polar surface area (TPSA) is 29.5 Å². The van der Waals surface area contributed by atoms with Gasteiger partial charge in [-0.2, -0.15) is 0 Å². The first-order chi connectivity index (χ1) is 4.35. The predicted molar refractivity (Wildman–Crippen MR) is 33.1 cm³/mol. The molecule has 1 aliphatic heterocycles. The number of ether oxygens (including phenoxy) is 1. The van der Waals surface area contributed by atoms with Crippen LogP contribution in [0.4, 0.5) is 0 Å². The molecular formula is C7H12O2. The zero-order valence-corrected chi connectivity index (χ0v) is 5.47. The zero-order valence-electron chi connectivity index (χ0n) is 5.47. The fourth-order valence-electron chi connectivity index (χ4n) is 1.54. The third kappa shape index (κ3) is 0.864. The van der Waals surface area contributed by atoms with E-state index in [9.17, 15) is 0 Å². The second kappa shape index (κ2) is 1.70. The van der Waals surface area contributed by atoms with E-state index in [0.717, 1.165) is 13.0 Å². The molecule has 1 saturated heterocycles. The van der Waals surface area contributed by atoms with Gasteiger partial charge in [0.1, 0.15) is 0 Å². The second-order valence-corrected chi connectivity index (χ2v) is 3.32. The van der Waals surface area contributed by atoms with Gasteiger partial charge in [0.05, 0.1) is 19.3 Å². The van der Waals surface area contributed by atoms with Gasteiger partial charge in [-0.15, -0.1) is 0 Å². The number of hydrogen-bond acceptors (Lipinski definition) is 2. The molecule has 0 aromatic carbocycles. The largest absolute Gasteiger partial charge is 0.394 e. The minimum atomic E-state index is 0.160. The highest BCUT2D eigenvalue weighted by atomic mass is 16.5. The van der Waals surface area contributed by atoms with Crippen molar-refractivity contribution in [3.8, 4) is 0 Å². The Kier molecular flexibility index (Phi) is 1.08. The molecule has 0 bridgehead atoms. The molecule has 9 heavy (non-hydrogen) atoms. The molecule has 0 amide bonds. The van der Waals surface area contributed by atoms with Crippen LogP contribution in [0.25, 0.3) is 0 Å². The van der Waals surface area contributed by atoms with Crippen molar-refractivity contribution in [2.75, 3.05) is 13.2 Å². The van der Waals surface area contributed by atoms with Crippen LogP contribution in [-0.2, 0) is 4.74 Å². The maximum atomic E-state index is 8.70. The highest BCUT2D eigenvalue weighted by Crippen LogP contribution is 2.53. The minimum Gasteiger partial charge on any atom is -0.394 e. The van der Waals surface area contributed by atoms with Crippen molar-refractivity contribution in [3.63, 3.8) is 0 Å². The molecule has 1 N–H and O–H groups in total. The molecule has 1 aliphatic carbocycles. The van der Waals surface area contributed by atoms with Crippen LogP contribution in [0.1, 0.15) is 19.3 Å². The van der Waals surface area contributed by atoms with E-state index in [1.807, 2.05) is 0 Å². The van der Waals surface area contributed by atoms with Crippen molar-refractivity contribution in [2.24, 2.45) is 5.41 Å². The van der Waals surface area contributed by atoms with Crippen LogP contribution < -0.4 is 0 Å². The normalized spacial score (nSPS) is 37.7. The van der Waals surface area contributed by atoms with Gasteiger partial charge in [0, 0.05) is 0 Å². The maximum Gasteiger partial charge on any atom is 0.0812 e. The summed E-state index contributed by atoms with van der Waals surface area (Å²) in [6, 6.07) is 0. The van der Waals surface area contributed by atoms with Crippen molar-refractivity contribution in [3.05, 3.63) is 0 Å². The highest BCUT2D eigenvalue weighted by Gasteiger charge is 2.49. The van der Waals surface area contributed by atoms with E-state index in [2.05, 4.69) is 0 Å². The fourth-order valence-corrected chi connectivity index (χ4v) is 1.54. The first-order valence-electron chi connectivity index (χ1n) is 3.57. The molecular weight excluding hydrogens is 116 g/mol. The smallest absolute Gasteiger partial charge is 0.0812 e. The summed E-state index contributed by atoms with van der Waals surface area (Å²) in [6.45, 7) is 1.11. The van der Waals surface area contributed by atoms with Gasteiger partial charge in [-0.25, -0.2) is 0 Å². The van der Waals surface area contributed by atoms with Crippen LogP contribution in [0, 0.1) is 5.41 Å². The Morgan fingerprint density at radius 2 is 2.33 bits per heavy atom. The molecule has 2 fully saturated rings. The van der Waals surface area contributed by atoms with Crippen LogP contribution in [0.2, 0.25) is 0 Å². The Morgan fingerprint density at radius 1 is 1.56 bits per heavy atom. The molecule has 0 unspecified atom stereocenters. The third-order valence-corrected chi connectivity index (χ3v) is 2.45.